The van der Waals surface area contributed by atoms with Crippen LogP contribution in [0.4, 0.5) is 10.2 Å². The first-order valence-electron chi connectivity index (χ1n) is 5.19. The van der Waals surface area contributed by atoms with Crippen LogP contribution in [-0.2, 0) is 10.0 Å². The van der Waals surface area contributed by atoms with Crippen molar-refractivity contribution >= 4 is 15.8 Å². The molecular weight excluding hydrogens is 257 g/mol. The Labute approximate surface area is 104 Å². The molecule has 1 heterocycles. The second-order valence-corrected chi connectivity index (χ2v) is 5.63. The van der Waals surface area contributed by atoms with Crippen molar-refractivity contribution in [3.05, 3.63) is 41.3 Å². The van der Waals surface area contributed by atoms with Gasteiger partial charge in [0.05, 0.1) is 0 Å². The zero-order valence-corrected chi connectivity index (χ0v) is 10.7. The van der Waals surface area contributed by atoms with E-state index in [9.17, 15) is 12.8 Å². The average Bonchev–Trinajstić information content (AvgIpc) is 2.66. The number of aryl methyl sites for hydroxylation is 2. The number of H-pyrrole nitrogens is 1. The van der Waals surface area contributed by atoms with Gasteiger partial charge in [0.1, 0.15) is 10.7 Å². The molecule has 0 unspecified atom stereocenters. The van der Waals surface area contributed by atoms with Gasteiger partial charge in [0, 0.05) is 11.8 Å². The number of hydrogen-bond acceptors (Lipinski definition) is 3. The van der Waals surface area contributed by atoms with Gasteiger partial charge in [0.25, 0.3) is 10.0 Å². The van der Waals surface area contributed by atoms with Crippen LogP contribution < -0.4 is 4.72 Å². The van der Waals surface area contributed by atoms with E-state index in [0.29, 0.717) is 11.3 Å². The zero-order chi connectivity index (χ0) is 13.3. The Balaban J connectivity index is 2.39. The molecule has 0 saturated carbocycles. The lowest BCUT2D eigenvalue weighted by molar-refractivity contribution is 0.569. The summed E-state index contributed by atoms with van der Waals surface area (Å²) < 4.78 is 39.7. The van der Waals surface area contributed by atoms with Crippen LogP contribution in [0.1, 0.15) is 11.3 Å². The number of rotatable bonds is 3. The van der Waals surface area contributed by atoms with Crippen LogP contribution in [0.3, 0.4) is 0 Å². The minimum atomic E-state index is -3.96. The predicted octanol–water partition coefficient (Wildman–Crippen LogP) is 1.97. The third kappa shape index (κ3) is 2.51. The van der Waals surface area contributed by atoms with Gasteiger partial charge in [-0.05, 0) is 31.5 Å². The first-order chi connectivity index (χ1) is 8.38. The van der Waals surface area contributed by atoms with E-state index in [1.54, 1.807) is 13.8 Å². The number of benzene rings is 1. The van der Waals surface area contributed by atoms with Gasteiger partial charge in [-0.2, -0.15) is 5.10 Å². The topological polar surface area (TPSA) is 74.8 Å². The molecule has 2 rings (SSSR count). The molecule has 0 amide bonds. The molecule has 2 aromatic rings. The molecular formula is C11H12FN3O2S. The lowest BCUT2D eigenvalue weighted by atomic mass is 10.2. The van der Waals surface area contributed by atoms with Gasteiger partial charge in [-0.3, -0.25) is 9.82 Å². The fourth-order valence-corrected chi connectivity index (χ4v) is 2.64. The number of halogens is 1. The predicted molar refractivity (Wildman–Crippen MR) is 65.3 cm³/mol. The molecule has 0 spiro atoms. The van der Waals surface area contributed by atoms with Gasteiger partial charge in [0.15, 0.2) is 5.82 Å². The van der Waals surface area contributed by atoms with E-state index in [1.165, 1.54) is 18.2 Å². The quantitative estimate of drug-likeness (QED) is 0.894. The molecule has 0 aliphatic rings. The van der Waals surface area contributed by atoms with Crippen molar-refractivity contribution in [3.63, 3.8) is 0 Å². The number of aromatic amines is 1. The summed E-state index contributed by atoms with van der Waals surface area (Å²) in [7, 11) is -3.96. The highest BCUT2D eigenvalue weighted by Crippen LogP contribution is 2.19. The van der Waals surface area contributed by atoms with Crippen molar-refractivity contribution in [1.82, 2.24) is 10.2 Å². The summed E-state index contributed by atoms with van der Waals surface area (Å²) in [4.78, 5) is -0.386. The lowest BCUT2D eigenvalue weighted by Gasteiger charge is -2.07. The molecule has 0 bridgehead atoms. The van der Waals surface area contributed by atoms with E-state index in [0.717, 1.165) is 6.07 Å². The fourth-order valence-electron chi connectivity index (χ4n) is 1.48. The molecule has 0 fully saturated rings. The van der Waals surface area contributed by atoms with E-state index >= 15 is 0 Å². The molecule has 0 aliphatic carbocycles. The van der Waals surface area contributed by atoms with Crippen LogP contribution in [0.2, 0.25) is 0 Å². The van der Waals surface area contributed by atoms with Crippen LogP contribution in [0.25, 0.3) is 0 Å². The van der Waals surface area contributed by atoms with Crippen LogP contribution in [0.15, 0.2) is 29.2 Å². The standard InChI is InChI=1S/C11H12FN3O2S/c1-7-3-4-9(12)10(5-7)18(16,17)15-11-6-8(2)13-14-11/h3-6H,1-2H3,(H2,13,14,15). The summed E-state index contributed by atoms with van der Waals surface area (Å²) >= 11 is 0. The van der Waals surface area contributed by atoms with Crippen molar-refractivity contribution < 1.29 is 12.8 Å². The molecule has 1 aromatic carbocycles. The number of hydrogen-bond donors (Lipinski definition) is 2. The average molecular weight is 269 g/mol. The third-order valence-electron chi connectivity index (χ3n) is 2.32. The summed E-state index contributed by atoms with van der Waals surface area (Å²) in [5.74, 6) is -0.659. The molecule has 0 radical (unpaired) electrons. The molecule has 0 aliphatic heterocycles. The van der Waals surface area contributed by atoms with Crippen LogP contribution in [0, 0.1) is 19.7 Å². The number of aromatic nitrogens is 2. The first-order valence-corrected chi connectivity index (χ1v) is 6.68. The van der Waals surface area contributed by atoms with Crippen molar-refractivity contribution in [3.8, 4) is 0 Å². The summed E-state index contributed by atoms with van der Waals surface area (Å²) in [6.45, 7) is 3.43. The van der Waals surface area contributed by atoms with Crippen molar-refractivity contribution in [2.45, 2.75) is 18.7 Å². The maximum atomic E-state index is 13.5. The van der Waals surface area contributed by atoms with Gasteiger partial charge in [-0.1, -0.05) is 6.07 Å². The summed E-state index contributed by atoms with van der Waals surface area (Å²) in [6.07, 6.45) is 0. The fraction of sp³-hybridized carbons (Fsp3) is 0.182. The summed E-state index contributed by atoms with van der Waals surface area (Å²) in [5.41, 5.74) is 1.37. The highest BCUT2D eigenvalue weighted by atomic mass is 32.2. The maximum absolute atomic E-state index is 13.5. The Morgan fingerprint density at radius 3 is 2.61 bits per heavy atom. The summed E-state index contributed by atoms with van der Waals surface area (Å²) in [5, 5.41) is 6.34. The highest BCUT2D eigenvalue weighted by Gasteiger charge is 2.20. The lowest BCUT2D eigenvalue weighted by Crippen LogP contribution is -2.15. The molecule has 7 heteroatoms. The van der Waals surface area contributed by atoms with Gasteiger partial charge >= 0.3 is 0 Å². The van der Waals surface area contributed by atoms with Crippen LogP contribution in [0.5, 0.6) is 0 Å². The van der Waals surface area contributed by atoms with E-state index in [-0.39, 0.29) is 10.7 Å². The van der Waals surface area contributed by atoms with Crippen molar-refractivity contribution in [2.24, 2.45) is 0 Å². The second-order valence-electron chi connectivity index (χ2n) is 3.98. The van der Waals surface area contributed by atoms with Gasteiger partial charge < -0.3 is 0 Å². The van der Waals surface area contributed by atoms with E-state index in [2.05, 4.69) is 14.9 Å². The smallest absolute Gasteiger partial charge is 0.266 e. The van der Waals surface area contributed by atoms with E-state index in [4.69, 9.17) is 0 Å². The minimum Gasteiger partial charge on any atom is -0.281 e. The Kier molecular flexibility index (Phi) is 3.08. The molecule has 18 heavy (non-hydrogen) atoms. The molecule has 1 aromatic heterocycles. The molecule has 0 atom stereocenters. The van der Waals surface area contributed by atoms with E-state index in [1.807, 2.05) is 0 Å². The Bertz CT molecular complexity index is 679. The largest absolute Gasteiger partial charge is 0.281 e. The monoisotopic (exact) mass is 269 g/mol. The highest BCUT2D eigenvalue weighted by molar-refractivity contribution is 7.92. The van der Waals surface area contributed by atoms with Crippen LogP contribution in [-0.4, -0.2) is 18.6 Å². The Morgan fingerprint density at radius 1 is 1.28 bits per heavy atom. The minimum absolute atomic E-state index is 0.133. The molecule has 0 saturated heterocycles. The number of sulfonamides is 1. The zero-order valence-electron chi connectivity index (χ0n) is 9.86. The van der Waals surface area contributed by atoms with Crippen molar-refractivity contribution in [2.75, 3.05) is 4.72 Å². The third-order valence-corrected chi connectivity index (χ3v) is 3.69. The maximum Gasteiger partial charge on any atom is 0.266 e. The Hall–Kier alpha value is -1.89. The number of anilines is 1. The van der Waals surface area contributed by atoms with Crippen molar-refractivity contribution in [1.29, 1.82) is 0 Å². The van der Waals surface area contributed by atoms with Gasteiger partial charge in [0.2, 0.25) is 0 Å². The normalized spacial score (nSPS) is 11.5. The molecule has 5 nitrogen and oxygen atoms in total. The molecule has 96 valence electrons. The SMILES string of the molecule is Cc1ccc(F)c(S(=O)(=O)Nc2cc(C)[nH]n2)c1. The molecule has 2 N–H and O–H groups in total. The first kappa shape index (κ1) is 12.6. The number of nitrogens with zero attached hydrogens (tertiary/aromatic N) is 1. The number of nitrogens with one attached hydrogen (secondary N) is 2. The van der Waals surface area contributed by atoms with Gasteiger partial charge in [-0.15, -0.1) is 0 Å². The second kappa shape index (κ2) is 4.41. The van der Waals surface area contributed by atoms with E-state index < -0.39 is 15.8 Å². The Morgan fingerprint density at radius 2 is 2.00 bits per heavy atom. The summed E-state index contributed by atoms with van der Waals surface area (Å²) in [6, 6.07) is 5.43. The van der Waals surface area contributed by atoms with Gasteiger partial charge in [-0.25, -0.2) is 12.8 Å². The van der Waals surface area contributed by atoms with Crippen LogP contribution >= 0.6 is 0 Å².